The zero-order valence-electron chi connectivity index (χ0n) is 18.6. The summed E-state index contributed by atoms with van der Waals surface area (Å²) in [6.07, 6.45) is 2.95. The van der Waals surface area contributed by atoms with Gasteiger partial charge >= 0.3 is 5.91 Å². The van der Waals surface area contributed by atoms with Crippen LogP contribution in [0.4, 0.5) is 5.13 Å². The number of phenols is 1. The summed E-state index contributed by atoms with van der Waals surface area (Å²) in [6.45, 7) is 0. The molecule has 5 rings (SSSR count). The molecule has 2 aromatic heterocycles. The van der Waals surface area contributed by atoms with Crippen molar-refractivity contribution in [1.29, 1.82) is 0 Å². The Morgan fingerprint density at radius 2 is 1.80 bits per heavy atom. The number of hydrogen-bond acceptors (Lipinski definition) is 9. The highest BCUT2D eigenvalue weighted by Crippen LogP contribution is 2.45. The molecule has 1 aliphatic rings. The van der Waals surface area contributed by atoms with Gasteiger partial charge in [0.05, 0.1) is 36.1 Å². The Balaban J connectivity index is 1.74. The van der Waals surface area contributed by atoms with E-state index >= 15 is 0 Å². The first-order chi connectivity index (χ1) is 16.9. The standard InChI is InChI=1S/C25H19N3O6S/c1-33-15-4-5-16-19(12-15)35-25(27-16)28-21(14-3-6-17(29)18(11-14)34-2)20(23(31)24(28)32)22(30)13-7-9-26-10-8-13/h3-12,21,29-30H,1-2H3. The molecule has 4 aromatic rings. The highest BCUT2D eigenvalue weighted by Gasteiger charge is 2.48. The Morgan fingerprint density at radius 3 is 2.51 bits per heavy atom. The number of aromatic hydroxyl groups is 1. The van der Waals surface area contributed by atoms with Crippen molar-refractivity contribution >= 4 is 44.1 Å². The molecule has 10 heteroatoms. The molecule has 1 saturated heterocycles. The van der Waals surface area contributed by atoms with Gasteiger partial charge in [0.15, 0.2) is 16.6 Å². The molecule has 1 amide bonds. The molecule has 1 unspecified atom stereocenters. The lowest BCUT2D eigenvalue weighted by Crippen LogP contribution is -2.29. The number of amides is 1. The molecule has 0 saturated carbocycles. The molecule has 0 aliphatic carbocycles. The number of Topliss-reactive ketones (excluding diaryl/α,β-unsaturated/α-hetero) is 1. The number of hydrogen-bond donors (Lipinski definition) is 2. The zero-order chi connectivity index (χ0) is 24.7. The van der Waals surface area contributed by atoms with E-state index in [2.05, 4.69) is 9.97 Å². The summed E-state index contributed by atoms with van der Waals surface area (Å²) in [5.74, 6) is -1.34. The summed E-state index contributed by atoms with van der Waals surface area (Å²) in [4.78, 5) is 36.4. The van der Waals surface area contributed by atoms with Crippen LogP contribution in [0.3, 0.4) is 0 Å². The number of anilines is 1. The maximum Gasteiger partial charge on any atom is 0.301 e. The Hall–Kier alpha value is -4.44. The number of ketones is 1. The van der Waals surface area contributed by atoms with Crippen LogP contribution in [0.15, 0.2) is 66.5 Å². The molecule has 176 valence electrons. The minimum Gasteiger partial charge on any atom is -0.507 e. The second-order valence-corrected chi connectivity index (χ2v) is 8.68. The molecular weight excluding hydrogens is 470 g/mol. The van der Waals surface area contributed by atoms with E-state index in [0.29, 0.717) is 22.4 Å². The van der Waals surface area contributed by atoms with Crippen molar-refractivity contribution in [2.24, 2.45) is 0 Å². The van der Waals surface area contributed by atoms with E-state index in [4.69, 9.17) is 9.47 Å². The summed E-state index contributed by atoms with van der Waals surface area (Å²) >= 11 is 1.22. The van der Waals surface area contributed by atoms with Gasteiger partial charge in [0.2, 0.25) is 0 Å². The molecule has 3 heterocycles. The summed E-state index contributed by atoms with van der Waals surface area (Å²) in [7, 11) is 2.95. The molecule has 1 aliphatic heterocycles. The molecule has 1 atom stereocenters. The molecule has 9 nitrogen and oxygen atoms in total. The number of carbonyl (C=O) groups excluding carboxylic acids is 2. The normalized spacial score (nSPS) is 17.2. The van der Waals surface area contributed by atoms with Crippen LogP contribution in [-0.2, 0) is 9.59 Å². The fraction of sp³-hybridized carbons (Fsp3) is 0.120. The van der Waals surface area contributed by atoms with E-state index in [1.807, 2.05) is 0 Å². The van der Waals surface area contributed by atoms with Gasteiger partial charge in [-0.15, -0.1) is 0 Å². The van der Waals surface area contributed by atoms with Gasteiger partial charge in [-0.1, -0.05) is 17.4 Å². The first-order valence-electron chi connectivity index (χ1n) is 10.5. The number of methoxy groups -OCH3 is 2. The van der Waals surface area contributed by atoms with E-state index in [1.54, 1.807) is 43.5 Å². The third-order valence-electron chi connectivity index (χ3n) is 5.71. The average molecular weight is 490 g/mol. The van der Waals surface area contributed by atoms with Gasteiger partial charge in [-0.25, -0.2) is 4.98 Å². The van der Waals surface area contributed by atoms with Crippen molar-refractivity contribution < 1.29 is 29.3 Å². The minimum absolute atomic E-state index is 0.102. The summed E-state index contributed by atoms with van der Waals surface area (Å²) in [6, 6.07) is 11.9. The van der Waals surface area contributed by atoms with Crippen molar-refractivity contribution in [3.8, 4) is 17.2 Å². The van der Waals surface area contributed by atoms with Gasteiger partial charge in [-0.05, 0) is 48.0 Å². The van der Waals surface area contributed by atoms with Crippen molar-refractivity contribution in [2.45, 2.75) is 6.04 Å². The molecule has 0 radical (unpaired) electrons. The number of aliphatic hydroxyl groups excluding tert-OH is 1. The van der Waals surface area contributed by atoms with E-state index in [9.17, 15) is 19.8 Å². The highest BCUT2D eigenvalue weighted by molar-refractivity contribution is 7.22. The third kappa shape index (κ3) is 3.73. The van der Waals surface area contributed by atoms with Crippen molar-refractivity contribution in [3.05, 3.63) is 77.6 Å². The molecule has 35 heavy (non-hydrogen) atoms. The van der Waals surface area contributed by atoms with Crippen LogP contribution in [0.2, 0.25) is 0 Å². The number of aliphatic hydroxyl groups is 1. The first-order valence-corrected chi connectivity index (χ1v) is 11.3. The smallest absolute Gasteiger partial charge is 0.301 e. The topological polar surface area (TPSA) is 122 Å². The maximum absolute atomic E-state index is 13.3. The average Bonchev–Trinajstić information content (AvgIpc) is 3.42. The highest BCUT2D eigenvalue weighted by atomic mass is 32.1. The number of carbonyl (C=O) groups is 2. The largest absolute Gasteiger partial charge is 0.507 e. The Labute approximate surface area is 203 Å². The molecule has 2 N–H and O–H groups in total. The lowest BCUT2D eigenvalue weighted by Gasteiger charge is -2.23. The van der Waals surface area contributed by atoms with Crippen LogP contribution in [0.25, 0.3) is 16.0 Å². The van der Waals surface area contributed by atoms with Crippen LogP contribution in [-0.4, -0.2) is 46.1 Å². The van der Waals surface area contributed by atoms with Gasteiger partial charge in [0.25, 0.3) is 5.78 Å². The number of rotatable bonds is 5. The zero-order valence-corrected chi connectivity index (χ0v) is 19.4. The maximum atomic E-state index is 13.3. The van der Waals surface area contributed by atoms with Crippen molar-refractivity contribution in [3.63, 3.8) is 0 Å². The van der Waals surface area contributed by atoms with Crippen molar-refractivity contribution in [2.75, 3.05) is 19.1 Å². The predicted octanol–water partition coefficient (Wildman–Crippen LogP) is 4.04. The van der Waals surface area contributed by atoms with Gasteiger partial charge in [0, 0.05) is 18.0 Å². The number of benzene rings is 2. The van der Waals surface area contributed by atoms with Crippen LogP contribution in [0.1, 0.15) is 17.2 Å². The van der Waals surface area contributed by atoms with Gasteiger partial charge in [-0.3, -0.25) is 19.5 Å². The summed E-state index contributed by atoms with van der Waals surface area (Å²) in [5, 5.41) is 21.5. The predicted molar refractivity (Wildman–Crippen MR) is 130 cm³/mol. The van der Waals surface area contributed by atoms with E-state index in [-0.39, 0.29) is 28.0 Å². The second-order valence-electron chi connectivity index (χ2n) is 7.67. The minimum atomic E-state index is -1.01. The Bertz CT molecular complexity index is 1500. The molecular formula is C25H19N3O6S. The quantitative estimate of drug-likeness (QED) is 0.245. The fourth-order valence-corrected chi connectivity index (χ4v) is 5.02. The fourth-order valence-electron chi connectivity index (χ4n) is 4.00. The lowest BCUT2D eigenvalue weighted by atomic mass is 9.95. The molecule has 0 bridgehead atoms. The van der Waals surface area contributed by atoms with Crippen LogP contribution < -0.4 is 14.4 Å². The van der Waals surface area contributed by atoms with Gasteiger partial charge in [-0.2, -0.15) is 0 Å². The Kier molecular flexibility index (Phi) is 5.58. The summed E-state index contributed by atoms with van der Waals surface area (Å²) in [5.41, 5.74) is 1.31. The summed E-state index contributed by atoms with van der Waals surface area (Å²) < 4.78 is 11.3. The van der Waals surface area contributed by atoms with Gasteiger partial charge in [0.1, 0.15) is 11.5 Å². The number of phenolic OH excluding ortho intramolecular Hbond substituents is 1. The number of thiazole rings is 1. The van der Waals surface area contributed by atoms with E-state index in [0.717, 1.165) is 4.70 Å². The molecule has 0 spiro atoms. The number of pyridine rings is 1. The third-order valence-corrected chi connectivity index (χ3v) is 6.73. The first kappa shape index (κ1) is 22.4. The van der Waals surface area contributed by atoms with Crippen molar-refractivity contribution in [1.82, 2.24) is 9.97 Å². The second kappa shape index (κ2) is 8.73. The number of aromatic nitrogens is 2. The number of nitrogens with zero attached hydrogens (tertiary/aromatic N) is 3. The Morgan fingerprint density at radius 1 is 1.03 bits per heavy atom. The van der Waals surface area contributed by atoms with Crippen LogP contribution >= 0.6 is 11.3 Å². The van der Waals surface area contributed by atoms with E-state index < -0.39 is 17.7 Å². The monoisotopic (exact) mass is 489 g/mol. The van der Waals surface area contributed by atoms with E-state index in [1.165, 1.54) is 47.9 Å². The van der Waals surface area contributed by atoms with Gasteiger partial charge < -0.3 is 19.7 Å². The number of fused-ring (bicyclic) bond motifs is 1. The number of ether oxygens (including phenoxy) is 2. The molecule has 2 aromatic carbocycles. The SMILES string of the molecule is COc1ccc2nc(N3C(=O)C(=O)C(=C(O)c4ccncc4)C3c3ccc(O)c(OC)c3)sc2c1. The lowest BCUT2D eigenvalue weighted by molar-refractivity contribution is -0.132. The van der Waals surface area contributed by atoms with Crippen LogP contribution in [0.5, 0.6) is 17.2 Å². The van der Waals surface area contributed by atoms with Crippen LogP contribution in [0, 0.1) is 0 Å². The molecule has 1 fully saturated rings.